The van der Waals surface area contributed by atoms with Crippen LogP contribution in [-0.4, -0.2) is 35.0 Å². The summed E-state index contributed by atoms with van der Waals surface area (Å²) in [7, 11) is 0. The third-order valence-corrected chi connectivity index (χ3v) is 5.14. The molecule has 0 atom stereocenters. The van der Waals surface area contributed by atoms with Crippen molar-refractivity contribution < 1.29 is 9.21 Å². The molecule has 5 heteroatoms. The summed E-state index contributed by atoms with van der Waals surface area (Å²) in [5, 5.41) is 1.02. The highest BCUT2D eigenvalue weighted by Gasteiger charge is 2.19. The lowest BCUT2D eigenvalue weighted by atomic mass is 9.96. The summed E-state index contributed by atoms with van der Waals surface area (Å²) in [6.07, 6.45) is 8.26. The van der Waals surface area contributed by atoms with Gasteiger partial charge in [-0.3, -0.25) is 14.4 Å². The maximum atomic E-state index is 12.7. The Kier molecular flexibility index (Phi) is 4.62. The molecule has 0 fully saturated rings. The molecule has 2 aromatic heterocycles. The first kappa shape index (κ1) is 17.6. The average Bonchev–Trinajstić information content (AvgIpc) is 3.30. The van der Waals surface area contributed by atoms with Gasteiger partial charge in [-0.1, -0.05) is 19.9 Å². The van der Waals surface area contributed by atoms with Gasteiger partial charge < -0.3 is 10.3 Å². The monoisotopic (exact) mass is 363 g/mol. The second-order valence-corrected chi connectivity index (χ2v) is 7.66. The molecular weight excluding hydrogens is 338 g/mol. The normalized spacial score (nSPS) is 15.4. The number of nitrogens with two attached hydrogens (primary N) is 1. The van der Waals surface area contributed by atoms with Crippen LogP contribution in [0.2, 0.25) is 0 Å². The summed E-state index contributed by atoms with van der Waals surface area (Å²) in [5.41, 5.74) is 4.56. The van der Waals surface area contributed by atoms with Crippen molar-refractivity contribution in [3.63, 3.8) is 0 Å². The first-order valence-corrected chi connectivity index (χ1v) is 9.42. The molecule has 0 spiro atoms. The quantitative estimate of drug-likeness (QED) is 0.551. The van der Waals surface area contributed by atoms with Crippen LogP contribution in [0.1, 0.15) is 41.8 Å². The number of aromatic nitrogens is 1. The van der Waals surface area contributed by atoms with E-state index in [1.807, 2.05) is 24.4 Å². The lowest BCUT2D eigenvalue weighted by Crippen LogP contribution is -2.31. The Morgan fingerprint density at radius 1 is 1.26 bits per heavy atom. The van der Waals surface area contributed by atoms with Crippen molar-refractivity contribution >= 4 is 22.3 Å². The van der Waals surface area contributed by atoms with Gasteiger partial charge >= 0.3 is 0 Å². The van der Waals surface area contributed by atoms with E-state index in [0.29, 0.717) is 17.0 Å². The molecule has 0 saturated carbocycles. The number of fused-ring (bicyclic) bond motifs is 1. The molecule has 2 N–H and O–H groups in total. The Labute approximate surface area is 159 Å². The van der Waals surface area contributed by atoms with E-state index in [2.05, 4.69) is 24.8 Å². The van der Waals surface area contributed by atoms with Crippen LogP contribution in [0.3, 0.4) is 0 Å². The number of carbonyl (C=O) groups excluding carboxylic acids is 1. The molecular formula is C22H25N3O2. The number of benzene rings is 1. The van der Waals surface area contributed by atoms with Crippen LogP contribution < -0.4 is 5.84 Å². The molecule has 1 aromatic carbocycles. The Bertz CT molecular complexity index is 996. The second-order valence-electron chi connectivity index (χ2n) is 7.66. The molecule has 0 aliphatic carbocycles. The topological polar surface area (TPSA) is 64.4 Å². The first-order valence-electron chi connectivity index (χ1n) is 9.42. The molecule has 3 heterocycles. The van der Waals surface area contributed by atoms with Crippen LogP contribution in [0.4, 0.5) is 0 Å². The molecule has 1 aliphatic heterocycles. The zero-order valence-corrected chi connectivity index (χ0v) is 15.8. The maximum absolute atomic E-state index is 12.7. The van der Waals surface area contributed by atoms with E-state index >= 15 is 0 Å². The fourth-order valence-corrected chi connectivity index (χ4v) is 3.85. The van der Waals surface area contributed by atoms with Crippen molar-refractivity contribution in [2.24, 2.45) is 5.92 Å². The predicted molar refractivity (Wildman–Crippen MR) is 108 cm³/mol. The number of hydrogen-bond acceptors (Lipinski definition) is 4. The Hall–Kier alpha value is -2.79. The molecule has 0 amide bonds. The number of carbonyl (C=O) groups is 1. The fourth-order valence-electron chi connectivity index (χ4n) is 3.85. The molecule has 140 valence electrons. The summed E-state index contributed by atoms with van der Waals surface area (Å²) in [6, 6.07) is 7.38. The van der Waals surface area contributed by atoms with E-state index in [-0.39, 0.29) is 5.78 Å². The maximum Gasteiger partial charge on any atom is 0.196 e. The Morgan fingerprint density at radius 3 is 2.78 bits per heavy atom. The van der Waals surface area contributed by atoms with E-state index in [1.165, 1.54) is 18.1 Å². The van der Waals surface area contributed by atoms with Crippen LogP contribution in [0, 0.1) is 5.92 Å². The average molecular weight is 363 g/mol. The summed E-state index contributed by atoms with van der Waals surface area (Å²) in [4.78, 5) is 15.1. The number of furan rings is 1. The summed E-state index contributed by atoms with van der Waals surface area (Å²) < 4.78 is 6.70. The summed E-state index contributed by atoms with van der Waals surface area (Å²) in [5.74, 6) is 6.81. The molecule has 0 unspecified atom stereocenters. The Balaban J connectivity index is 1.68. The van der Waals surface area contributed by atoms with E-state index in [9.17, 15) is 4.79 Å². The van der Waals surface area contributed by atoms with Gasteiger partial charge in [0.1, 0.15) is 6.26 Å². The van der Waals surface area contributed by atoms with Crippen LogP contribution >= 0.6 is 0 Å². The standard InChI is InChI=1S/C22H25N3O2/c1-15(2)12-24-8-5-16(6-9-24)20-13-25(23)21-4-3-17(11-19(20)21)22(26)18-7-10-27-14-18/h3-5,7,10-11,13-15H,6,8-9,12,23H2,1-2H3. The number of nitrogen functional groups attached to an aromatic ring is 1. The van der Waals surface area contributed by atoms with Crippen molar-refractivity contribution in [3.8, 4) is 0 Å². The van der Waals surface area contributed by atoms with Gasteiger partial charge in [-0.2, -0.15) is 0 Å². The second kappa shape index (κ2) is 7.08. The summed E-state index contributed by atoms with van der Waals surface area (Å²) in [6.45, 7) is 7.62. The zero-order valence-electron chi connectivity index (χ0n) is 15.8. The number of nitrogens with zero attached hydrogens (tertiary/aromatic N) is 2. The molecule has 0 saturated heterocycles. The minimum atomic E-state index is -0.0397. The van der Waals surface area contributed by atoms with Gasteiger partial charge in [0.2, 0.25) is 0 Å². The summed E-state index contributed by atoms with van der Waals surface area (Å²) >= 11 is 0. The molecule has 0 radical (unpaired) electrons. The number of ketones is 1. The van der Waals surface area contributed by atoms with Gasteiger partial charge in [-0.15, -0.1) is 0 Å². The highest BCUT2D eigenvalue weighted by atomic mass is 16.3. The minimum absolute atomic E-state index is 0.0397. The molecule has 1 aliphatic rings. The smallest absolute Gasteiger partial charge is 0.196 e. The number of hydrogen-bond donors (Lipinski definition) is 1. The van der Waals surface area contributed by atoms with Crippen molar-refractivity contribution in [3.05, 3.63) is 65.8 Å². The molecule has 3 aromatic rings. The fraction of sp³-hybridized carbons (Fsp3) is 0.318. The van der Waals surface area contributed by atoms with E-state index in [0.717, 1.165) is 42.5 Å². The third-order valence-electron chi connectivity index (χ3n) is 5.14. The lowest BCUT2D eigenvalue weighted by Gasteiger charge is -2.27. The van der Waals surface area contributed by atoms with Gasteiger partial charge in [-0.05, 0) is 42.2 Å². The van der Waals surface area contributed by atoms with Crippen molar-refractivity contribution in [2.75, 3.05) is 25.5 Å². The van der Waals surface area contributed by atoms with Gasteiger partial charge in [0.25, 0.3) is 0 Å². The zero-order chi connectivity index (χ0) is 19.0. The largest absolute Gasteiger partial charge is 0.472 e. The molecule has 4 rings (SSSR count). The molecule has 5 nitrogen and oxygen atoms in total. The number of rotatable bonds is 5. The van der Waals surface area contributed by atoms with Crippen molar-refractivity contribution in [2.45, 2.75) is 20.3 Å². The van der Waals surface area contributed by atoms with Gasteiger partial charge in [0.05, 0.1) is 17.3 Å². The highest BCUT2D eigenvalue weighted by molar-refractivity contribution is 6.11. The van der Waals surface area contributed by atoms with E-state index < -0.39 is 0 Å². The molecule has 0 bridgehead atoms. The minimum Gasteiger partial charge on any atom is -0.472 e. The van der Waals surface area contributed by atoms with Gasteiger partial charge in [0, 0.05) is 42.3 Å². The van der Waals surface area contributed by atoms with Crippen molar-refractivity contribution in [1.29, 1.82) is 0 Å². The Morgan fingerprint density at radius 2 is 2.11 bits per heavy atom. The van der Waals surface area contributed by atoms with Crippen LogP contribution in [0.5, 0.6) is 0 Å². The van der Waals surface area contributed by atoms with Gasteiger partial charge in [-0.25, -0.2) is 0 Å². The predicted octanol–water partition coefficient (Wildman–Crippen LogP) is 3.92. The van der Waals surface area contributed by atoms with E-state index in [4.69, 9.17) is 10.3 Å². The van der Waals surface area contributed by atoms with Crippen LogP contribution in [-0.2, 0) is 0 Å². The molecule has 27 heavy (non-hydrogen) atoms. The lowest BCUT2D eigenvalue weighted by molar-refractivity contribution is 0.103. The first-order chi connectivity index (χ1) is 13.0. The SMILES string of the molecule is CC(C)CN1CC=C(c2cn(N)c3ccc(C(=O)c4ccoc4)cc23)CC1. The van der Waals surface area contributed by atoms with Crippen LogP contribution in [0.25, 0.3) is 16.5 Å². The van der Waals surface area contributed by atoms with Crippen LogP contribution in [0.15, 0.2) is 53.5 Å². The van der Waals surface area contributed by atoms with Crippen molar-refractivity contribution in [1.82, 2.24) is 9.58 Å². The van der Waals surface area contributed by atoms with E-state index in [1.54, 1.807) is 10.7 Å². The van der Waals surface area contributed by atoms with Gasteiger partial charge in [0.15, 0.2) is 5.78 Å². The third kappa shape index (κ3) is 3.43. The highest BCUT2D eigenvalue weighted by Crippen LogP contribution is 2.31.